The van der Waals surface area contributed by atoms with Crippen molar-refractivity contribution in [3.8, 4) is 5.88 Å². The third-order valence-corrected chi connectivity index (χ3v) is 2.55. The van der Waals surface area contributed by atoms with Gasteiger partial charge in [0.1, 0.15) is 6.20 Å². The van der Waals surface area contributed by atoms with E-state index in [4.69, 9.17) is 15.7 Å². The Morgan fingerprint density at radius 1 is 1.60 bits per heavy atom. The van der Waals surface area contributed by atoms with Crippen LogP contribution in [0.4, 0.5) is 5.69 Å². The molecule has 0 aliphatic rings. The predicted octanol–water partition coefficient (Wildman–Crippen LogP) is 1.90. The molecule has 1 rings (SSSR count). The van der Waals surface area contributed by atoms with Crippen LogP contribution in [0, 0.1) is 16.0 Å². The molecule has 0 saturated carbocycles. The Morgan fingerprint density at radius 3 is 2.75 bits per heavy atom. The van der Waals surface area contributed by atoms with Crippen molar-refractivity contribution in [2.24, 2.45) is 16.8 Å². The molecule has 0 amide bonds. The number of aromatic nitrogens is 1. The minimum absolute atomic E-state index is 0.0947. The van der Waals surface area contributed by atoms with Gasteiger partial charge in [0.05, 0.1) is 16.6 Å². The third kappa shape index (κ3) is 4.08. The number of pyridine rings is 1. The van der Waals surface area contributed by atoms with Crippen molar-refractivity contribution in [1.82, 2.24) is 4.98 Å². The van der Waals surface area contributed by atoms with E-state index in [9.17, 15) is 10.1 Å². The van der Waals surface area contributed by atoms with Crippen LogP contribution >= 0.6 is 0 Å². The Morgan fingerprint density at radius 2 is 2.25 bits per heavy atom. The highest BCUT2D eigenvalue weighted by Gasteiger charge is 2.18. The van der Waals surface area contributed by atoms with Crippen LogP contribution in [0.1, 0.15) is 32.8 Å². The van der Waals surface area contributed by atoms with E-state index in [1.807, 2.05) is 20.8 Å². The van der Waals surface area contributed by atoms with Gasteiger partial charge in [0.2, 0.25) is 5.88 Å². The van der Waals surface area contributed by atoms with Gasteiger partial charge in [-0.2, -0.15) is 0 Å². The first-order valence-corrected chi connectivity index (χ1v) is 6.14. The van der Waals surface area contributed by atoms with E-state index in [2.05, 4.69) is 10.1 Å². The van der Waals surface area contributed by atoms with Gasteiger partial charge in [-0.1, -0.05) is 19.0 Å². The molecule has 0 aliphatic carbocycles. The molecule has 1 atom stereocenters. The normalized spacial score (nSPS) is 13.3. The standard InChI is InChI=1S/C12H18N4O4/c1-7(2)4-8(3)20-12-10(11(13)15-17)5-9(6-14-12)16(18)19/h5-8,17H,4H2,1-3H3,(H2,13,15). The lowest BCUT2D eigenvalue weighted by atomic mass is 10.1. The van der Waals surface area contributed by atoms with Gasteiger partial charge in [0.25, 0.3) is 5.69 Å². The average Bonchev–Trinajstić information content (AvgIpc) is 2.36. The summed E-state index contributed by atoms with van der Waals surface area (Å²) in [4.78, 5) is 14.0. The van der Waals surface area contributed by atoms with E-state index < -0.39 is 4.92 Å². The zero-order chi connectivity index (χ0) is 15.3. The van der Waals surface area contributed by atoms with Crippen molar-refractivity contribution in [1.29, 1.82) is 0 Å². The summed E-state index contributed by atoms with van der Waals surface area (Å²) in [7, 11) is 0. The summed E-state index contributed by atoms with van der Waals surface area (Å²) in [5, 5.41) is 22.3. The van der Waals surface area contributed by atoms with Gasteiger partial charge < -0.3 is 15.7 Å². The summed E-state index contributed by atoms with van der Waals surface area (Å²) in [5.41, 5.74) is 5.34. The van der Waals surface area contributed by atoms with Gasteiger partial charge in [-0.05, 0) is 19.3 Å². The lowest BCUT2D eigenvalue weighted by Crippen LogP contribution is -2.20. The molecule has 1 heterocycles. The van der Waals surface area contributed by atoms with Crippen molar-refractivity contribution in [2.45, 2.75) is 33.3 Å². The fourth-order valence-corrected chi connectivity index (χ4v) is 1.77. The van der Waals surface area contributed by atoms with E-state index >= 15 is 0 Å². The maximum atomic E-state index is 10.7. The molecule has 1 aromatic rings. The molecular formula is C12H18N4O4. The van der Waals surface area contributed by atoms with Gasteiger partial charge in [-0.25, -0.2) is 4.98 Å². The van der Waals surface area contributed by atoms with E-state index in [1.165, 1.54) is 6.07 Å². The summed E-state index contributed by atoms with van der Waals surface area (Å²) < 4.78 is 5.61. The predicted molar refractivity (Wildman–Crippen MR) is 72.9 cm³/mol. The molecule has 8 heteroatoms. The lowest BCUT2D eigenvalue weighted by Gasteiger charge is -2.17. The minimum Gasteiger partial charge on any atom is -0.474 e. The molecule has 3 N–H and O–H groups in total. The maximum absolute atomic E-state index is 10.7. The summed E-state index contributed by atoms with van der Waals surface area (Å²) in [5.74, 6) is 0.252. The molecule has 0 radical (unpaired) electrons. The number of nitrogens with zero attached hydrogens (tertiary/aromatic N) is 3. The van der Waals surface area contributed by atoms with Crippen LogP contribution in [0.3, 0.4) is 0 Å². The Labute approximate surface area is 116 Å². The van der Waals surface area contributed by atoms with Crippen LogP contribution in [0.15, 0.2) is 17.4 Å². The smallest absolute Gasteiger partial charge is 0.288 e. The second kappa shape index (κ2) is 6.69. The van der Waals surface area contributed by atoms with E-state index in [0.717, 1.165) is 12.6 Å². The largest absolute Gasteiger partial charge is 0.474 e. The summed E-state index contributed by atoms with van der Waals surface area (Å²) >= 11 is 0. The van der Waals surface area contributed by atoms with E-state index in [0.29, 0.717) is 5.92 Å². The summed E-state index contributed by atoms with van der Waals surface area (Å²) in [6, 6.07) is 1.17. The van der Waals surface area contributed by atoms with Crippen molar-refractivity contribution < 1.29 is 14.9 Å². The maximum Gasteiger partial charge on any atom is 0.288 e. The molecule has 8 nitrogen and oxygen atoms in total. The number of ether oxygens (including phenoxy) is 1. The van der Waals surface area contributed by atoms with Crippen LogP contribution in [0.25, 0.3) is 0 Å². The molecule has 0 saturated heterocycles. The van der Waals surface area contributed by atoms with Crippen LogP contribution < -0.4 is 10.5 Å². The van der Waals surface area contributed by atoms with Crippen LogP contribution in [0.5, 0.6) is 5.88 Å². The van der Waals surface area contributed by atoms with Gasteiger partial charge in [-0.15, -0.1) is 0 Å². The van der Waals surface area contributed by atoms with Crippen molar-refractivity contribution in [3.63, 3.8) is 0 Å². The van der Waals surface area contributed by atoms with Crippen LogP contribution in [-0.2, 0) is 0 Å². The quantitative estimate of drug-likeness (QED) is 0.270. The van der Waals surface area contributed by atoms with Gasteiger partial charge in [0.15, 0.2) is 5.84 Å². The molecule has 0 spiro atoms. The number of hydrogen-bond acceptors (Lipinski definition) is 6. The average molecular weight is 282 g/mol. The highest BCUT2D eigenvalue weighted by molar-refractivity contribution is 5.99. The first-order chi connectivity index (χ1) is 9.35. The minimum atomic E-state index is -0.609. The van der Waals surface area contributed by atoms with Gasteiger partial charge in [0, 0.05) is 6.07 Å². The molecule has 0 aliphatic heterocycles. The summed E-state index contributed by atoms with van der Waals surface area (Å²) in [6.45, 7) is 5.96. The molecule has 0 aromatic carbocycles. The summed E-state index contributed by atoms with van der Waals surface area (Å²) in [6.07, 6.45) is 1.72. The number of hydrogen-bond donors (Lipinski definition) is 2. The van der Waals surface area contributed by atoms with E-state index in [-0.39, 0.29) is 29.1 Å². The van der Waals surface area contributed by atoms with Crippen LogP contribution in [-0.4, -0.2) is 27.1 Å². The fourth-order valence-electron chi connectivity index (χ4n) is 1.77. The molecule has 0 bridgehead atoms. The highest BCUT2D eigenvalue weighted by atomic mass is 16.6. The third-order valence-electron chi connectivity index (χ3n) is 2.55. The lowest BCUT2D eigenvalue weighted by molar-refractivity contribution is -0.385. The van der Waals surface area contributed by atoms with Crippen molar-refractivity contribution in [2.75, 3.05) is 0 Å². The second-order valence-electron chi connectivity index (χ2n) is 4.85. The number of amidine groups is 1. The zero-order valence-electron chi connectivity index (χ0n) is 11.6. The Hall–Kier alpha value is -2.38. The molecular weight excluding hydrogens is 264 g/mol. The molecule has 20 heavy (non-hydrogen) atoms. The Kier molecular flexibility index (Phi) is 5.24. The topological polar surface area (TPSA) is 124 Å². The molecule has 110 valence electrons. The van der Waals surface area contributed by atoms with Crippen molar-refractivity contribution >= 4 is 11.5 Å². The number of nitrogens with two attached hydrogens (primary N) is 1. The molecule has 1 unspecified atom stereocenters. The SMILES string of the molecule is CC(C)CC(C)Oc1ncc([N+](=O)[O-])cc1C(N)=NO. The molecule has 1 aromatic heterocycles. The Balaban J connectivity index is 3.09. The van der Waals surface area contributed by atoms with Crippen LogP contribution in [0.2, 0.25) is 0 Å². The van der Waals surface area contributed by atoms with Crippen molar-refractivity contribution in [3.05, 3.63) is 27.9 Å². The second-order valence-corrected chi connectivity index (χ2v) is 4.85. The molecule has 0 fully saturated rings. The zero-order valence-corrected chi connectivity index (χ0v) is 11.6. The van der Waals surface area contributed by atoms with E-state index in [1.54, 1.807) is 0 Å². The van der Waals surface area contributed by atoms with Gasteiger partial charge in [-0.3, -0.25) is 10.1 Å². The Bertz CT molecular complexity index is 516. The first kappa shape index (κ1) is 15.7. The fraction of sp³-hybridized carbons (Fsp3) is 0.500. The monoisotopic (exact) mass is 282 g/mol. The number of nitro groups is 1. The highest BCUT2D eigenvalue weighted by Crippen LogP contribution is 2.23. The van der Waals surface area contributed by atoms with Gasteiger partial charge >= 0.3 is 0 Å². The number of oxime groups is 1. The first-order valence-electron chi connectivity index (χ1n) is 6.14. The number of rotatable bonds is 6.